The molecule has 0 bridgehead atoms. The van der Waals surface area contributed by atoms with Gasteiger partial charge in [0.1, 0.15) is 0 Å². The molecule has 0 radical (unpaired) electrons. The molecule has 0 spiro atoms. The van der Waals surface area contributed by atoms with Gasteiger partial charge in [-0.2, -0.15) is 0 Å². The SMILES string of the molecule is CCC(=O)C(CC)(CC)NN. The second-order valence-corrected chi connectivity index (χ2v) is 2.71. The number of carbonyl (C=O) groups excluding carboxylic acids is 1. The fraction of sp³-hybridized carbons (Fsp3) is 0.875. The van der Waals surface area contributed by atoms with Crippen molar-refractivity contribution >= 4 is 5.78 Å². The van der Waals surface area contributed by atoms with E-state index in [1.54, 1.807) is 0 Å². The average Bonchev–Trinajstić information content (AvgIpc) is 2.08. The van der Waals surface area contributed by atoms with E-state index in [-0.39, 0.29) is 5.78 Å². The van der Waals surface area contributed by atoms with E-state index in [9.17, 15) is 4.79 Å². The molecule has 0 saturated heterocycles. The fourth-order valence-electron chi connectivity index (χ4n) is 1.27. The van der Waals surface area contributed by atoms with E-state index in [2.05, 4.69) is 5.43 Å². The first-order valence-corrected chi connectivity index (χ1v) is 4.17. The van der Waals surface area contributed by atoms with Crippen molar-refractivity contribution in [2.24, 2.45) is 5.84 Å². The summed E-state index contributed by atoms with van der Waals surface area (Å²) in [6.45, 7) is 5.80. The van der Waals surface area contributed by atoms with Gasteiger partial charge in [-0.25, -0.2) is 5.43 Å². The minimum Gasteiger partial charge on any atom is -0.298 e. The molecule has 0 unspecified atom stereocenters. The topological polar surface area (TPSA) is 55.1 Å². The molecule has 0 atom stereocenters. The van der Waals surface area contributed by atoms with Crippen molar-refractivity contribution in [1.29, 1.82) is 0 Å². The molecule has 11 heavy (non-hydrogen) atoms. The van der Waals surface area contributed by atoms with E-state index >= 15 is 0 Å². The van der Waals surface area contributed by atoms with Gasteiger partial charge < -0.3 is 0 Å². The number of nitrogens with one attached hydrogen (secondary N) is 1. The molecule has 0 aromatic heterocycles. The van der Waals surface area contributed by atoms with E-state index in [1.807, 2.05) is 20.8 Å². The molecule has 66 valence electrons. The highest BCUT2D eigenvalue weighted by Gasteiger charge is 2.31. The summed E-state index contributed by atoms with van der Waals surface area (Å²) in [4.78, 5) is 11.4. The molecular weight excluding hydrogens is 140 g/mol. The van der Waals surface area contributed by atoms with E-state index in [1.165, 1.54) is 0 Å². The molecule has 0 aliphatic rings. The molecule has 3 heteroatoms. The van der Waals surface area contributed by atoms with Crippen molar-refractivity contribution in [3.63, 3.8) is 0 Å². The van der Waals surface area contributed by atoms with Gasteiger partial charge in [0.05, 0.1) is 5.54 Å². The van der Waals surface area contributed by atoms with Gasteiger partial charge in [-0.1, -0.05) is 20.8 Å². The third-order valence-corrected chi connectivity index (χ3v) is 2.34. The minimum atomic E-state index is -0.477. The third-order valence-electron chi connectivity index (χ3n) is 2.34. The van der Waals surface area contributed by atoms with Gasteiger partial charge in [-0.3, -0.25) is 10.6 Å². The average molecular weight is 158 g/mol. The highest BCUT2D eigenvalue weighted by Crippen LogP contribution is 2.16. The molecule has 0 amide bonds. The highest BCUT2D eigenvalue weighted by molar-refractivity contribution is 5.87. The number of ketones is 1. The number of Topliss-reactive ketones (excluding diaryl/α,β-unsaturated/α-hetero) is 1. The van der Waals surface area contributed by atoms with Crippen LogP contribution in [0.2, 0.25) is 0 Å². The minimum absolute atomic E-state index is 0.199. The number of carbonyl (C=O) groups is 1. The van der Waals surface area contributed by atoms with E-state index in [0.717, 1.165) is 12.8 Å². The second kappa shape index (κ2) is 4.46. The summed E-state index contributed by atoms with van der Waals surface area (Å²) < 4.78 is 0. The van der Waals surface area contributed by atoms with Gasteiger partial charge >= 0.3 is 0 Å². The largest absolute Gasteiger partial charge is 0.298 e. The van der Waals surface area contributed by atoms with E-state index in [0.29, 0.717) is 6.42 Å². The Balaban J connectivity index is 4.39. The highest BCUT2D eigenvalue weighted by atomic mass is 16.1. The van der Waals surface area contributed by atoms with E-state index < -0.39 is 5.54 Å². The second-order valence-electron chi connectivity index (χ2n) is 2.71. The van der Waals surface area contributed by atoms with Gasteiger partial charge in [0.2, 0.25) is 0 Å². The number of nitrogens with two attached hydrogens (primary N) is 1. The molecular formula is C8H18N2O. The van der Waals surface area contributed by atoms with Crippen LogP contribution >= 0.6 is 0 Å². The van der Waals surface area contributed by atoms with Crippen molar-refractivity contribution in [3.05, 3.63) is 0 Å². The van der Waals surface area contributed by atoms with Crippen LogP contribution in [-0.2, 0) is 4.79 Å². The van der Waals surface area contributed by atoms with Crippen molar-refractivity contribution < 1.29 is 4.79 Å². The predicted molar refractivity (Wildman–Crippen MR) is 45.9 cm³/mol. The summed E-state index contributed by atoms with van der Waals surface area (Å²) in [5.41, 5.74) is 2.14. The quantitative estimate of drug-likeness (QED) is 0.463. The summed E-state index contributed by atoms with van der Waals surface area (Å²) in [6, 6.07) is 0. The zero-order valence-electron chi connectivity index (χ0n) is 7.61. The fourth-order valence-corrected chi connectivity index (χ4v) is 1.27. The lowest BCUT2D eigenvalue weighted by Gasteiger charge is -2.28. The summed E-state index contributed by atoms with van der Waals surface area (Å²) >= 11 is 0. The van der Waals surface area contributed by atoms with Crippen LogP contribution in [0.3, 0.4) is 0 Å². The summed E-state index contributed by atoms with van der Waals surface area (Å²) in [7, 11) is 0. The smallest absolute Gasteiger partial charge is 0.153 e. The summed E-state index contributed by atoms with van der Waals surface area (Å²) in [6.07, 6.45) is 2.06. The standard InChI is InChI=1S/C8H18N2O/c1-4-7(11)8(5-2,6-3)10-9/h10H,4-6,9H2,1-3H3. The molecule has 3 N–H and O–H groups in total. The normalized spacial score (nSPS) is 11.6. The Morgan fingerprint density at radius 2 is 1.82 bits per heavy atom. The van der Waals surface area contributed by atoms with Gasteiger partial charge in [0, 0.05) is 6.42 Å². The Kier molecular flexibility index (Phi) is 4.30. The molecule has 3 nitrogen and oxygen atoms in total. The number of rotatable bonds is 5. The Labute approximate surface area is 68.3 Å². The van der Waals surface area contributed by atoms with Crippen LogP contribution in [0.1, 0.15) is 40.0 Å². The van der Waals surface area contributed by atoms with Crippen LogP contribution in [0, 0.1) is 0 Å². The maximum absolute atomic E-state index is 11.4. The lowest BCUT2D eigenvalue weighted by atomic mass is 9.87. The van der Waals surface area contributed by atoms with Crippen molar-refractivity contribution in [1.82, 2.24) is 5.43 Å². The van der Waals surface area contributed by atoms with Crippen molar-refractivity contribution in [2.75, 3.05) is 0 Å². The first kappa shape index (κ1) is 10.6. The Morgan fingerprint density at radius 1 is 1.36 bits per heavy atom. The monoisotopic (exact) mass is 158 g/mol. The number of hydrazine groups is 1. The maximum atomic E-state index is 11.4. The molecule has 0 aliphatic heterocycles. The van der Waals surface area contributed by atoms with Crippen LogP contribution in [0.15, 0.2) is 0 Å². The van der Waals surface area contributed by atoms with Gasteiger partial charge in [0.25, 0.3) is 0 Å². The molecule has 0 aromatic carbocycles. The van der Waals surface area contributed by atoms with Crippen LogP contribution in [0.4, 0.5) is 0 Å². The van der Waals surface area contributed by atoms with Crippen molar-refractivity contribution in [2.45, 2.75) is 45.6 Å². The predicted octanol–water partition coefficient (Wildman–Crippen LogP) is 0.988. The Hall–Kier alpha value is -0.410. The van der Waals surface area contributed by atoms with Gasteiger partial charge in [0.15, 0.2) is 5.78 Å². The molecule has 0 fully saturated rings. The third kappa shape index (κ3) is 2.01. The zero-order chi connectivity index (χ0) is 8.91. The van der Waals surface area contributed by atoms with E-state index in [4.69, 9.17) is 5.84 Å². The Morgan fingerprint density at radius 3 is 1.91 bits per heavy atom. The lowest BCUT2D eigenvalue weighted by Crippen LogP contribution is -2.54. The first-order valence-electron chi connectivity index (χ1n) is 4.17. The zero-order valence-corrected chi connectivity index (χ0v) is 7.61. The first-order chi connectivity index (χ1) is 5.16. The molecule has 0 saturated carbocycles. The van der Waals surface area contributed by atoms with Crippen molar-refractivity contribution in [3.8, 4) is 0 Å². The van der Waals surface area contributed by atoms with Crippen LogP contribution < -0.4 is 11.3 Å². The van der Waals surface area contributed by atoms with Crippen LogP contribution in [-0.4, -0.2) is 11.3 Å². The Bertz CT molecular complexity index is 122. The molecule has 0 aromatic rings. The molecule has 0 heterocycles. The summed E-state index contributed by atoms with van der Waals surface area (Å²) in [5.74, 6) is 5.53. The number of hydrogen-bond donors (Lipinski definition) is 2. The lowest BCUT2D eigenvalue weighted by molar-refractivity contribution is -0.125. The van der Waals surface area contributed by atoms with Gasteiger partial charge in [-0.05, 0) is 12.8 Å². The van der Waals surface area contributed by atoms with Gasteiger partial charge in [-0.15, -0.1) is 0 Å². The molecule has 0 aliphatic carbocycles. The summed E-state index contributed by atoms with van der Waals surface area (Å²) in [5, 5.41) is 0. The number of hydrogen-bond acceptors (Lipinski definition) is 3. The maximum Gasteiger partial charge on any atom is 0.153 e. The molecule has 0 rings (SSSR count). The van der Waals surface area contributed by atoms with Crippen LogP contribution in [0.25, 0.3) is 0 Å². The van der Waals surface area contributed by atoms with Crippen LogP contribution in [0.5, 0.6) is 0 Å².